The summed E-state index contributed by atoms with van der Waals surface area (Å²) in [5, 5.41) is 48.5. The van der Waals surface area contributed by atoms with Gasteiger partial charge in [-0.2, -0.15) is 21.0 Å². The molecule has 2 aliphatic rings. The number of nitriles is 4. The van der Waals surface area contributed by atoms with E-state index in [0.29, 0.717) is 22.4 Å². The Kier molecular flexibility index (Phi) is 4.64. The number of benzene rings is 2. The van der Waals surface area contributed by atoms with E-state index in [1.165, 1.54) is 7.11 Å². The van der Waals surface area contributed by atoms with Crippen LogP contribution in [0.1, 0.15) is 29.7 Å². The molecule has 0 radical (unpaired) electrons. The molecule has 32 heavy (non-hydrogen) atoms. The highest BCUT2D eigenvalue weighted by molar-refractivity contribution is 5.89. The molecular formula is C24H17N5O3. The Hall–Kier alpha value is -4.37. The zero-order valence-corrected chi connectivity index (χ0v) is 17.3. The van der Waals surface area contributed by atoms with E-state index in [1.807, 2.05) is 18.2 Å². The molecule has 2 aliphatic heterocycles. The molecule has 2 saturated heterocycles. The van der Waals surface area contributed by atoms with Crippen LogP contribution in [0.2, 0.25) is 0 Å². The van der Waals surface area contributed by atoms with Gasteiger partial charge in [0, 0.05) is 5.56 Å². The summed E-state index contributed by atoms with van der Waals surface area (Å²) in [6.07, 6.45) is -1.22. The summed E-state index contributed by atoms with van der Waals surface area (Å²) in [6.45, 7) is 1.65. The topological polar surface area (TPSA) is 147 Å². The van der Waals surface area contributed by atoms with E-state index in [4.69, 9.17) is 24.9 Å². The zero-order chi connectivity index (χ0) is 23.1. The van der Waals surface area contributed by atoms with E-state index >= 15 is 0 Å². The van der Waals surface area contributed by atoms with Crippen molar-refractivity contribution in [1.29, 1.82) is 26.5 Å². The van der Waals surface area contributed by atoms with Crippen molar-refractivity contribution in [3.05, 3.63) is 65.2 Å². The lowest BCUT2D eigenvalue weighted by molar-refractivity contribution is -0.288. The Morgan fingerprint density at radius 3 is 2.06 bits per heavy atom. The monoisotopic (exact) mass is 423 g/mol. The third-order valence-electron chi connectivity index (χ3n) is 6.50. The van der Waals surface area contributed by atoms with Gasteiger partial charge in [-0.3, -0.25) is 5.41 Å². The maximum atomic E-state index is 10.3. The first kappa shape index (κ1) is 20.9. The summed E-state index contributed by atoms with van der Waals surface area (Å²) in [4.78, 5) is 0. The summed E-state index contributed by atoms with van der Waals surface area (Å²) in [5.74, 6) is -2.31. The van der Waals surface area contributed by atoms with Gasteiger partial charge in [0.1, 0.15) is 11.9 Å². The first-order valence-corrected chi connectivity index (χ1v) is 9.73. The predicted molar refractivity (Wildman–Crippen MR) is 109 cm³/mol. The first-order chi connectivity index (χ1) is 15.4. The fourth-order valence-electron chi connectivity index (χ4n) is 4.72. The van der Waals surface area contributed by atoms with Crippen LogP contribution >= 0.6 is 0 Å². The van der Waals surface area contributed by atoms with Gasteiger partial charge in [0.15, 0.2) is 5.41 Å². The van der Waals surface area contributed by atoms with Crippen molar-refractivity contribution in [2.75, 3.05) is 7.11 Å². The SMILES string of the molecule is COc1ccc(C23OC(=N)C(C#N)(C2C)C(C#N)(C#N)C(c2ccc(C#N)cc2)O3)cc1. The van der Waals surface area contributed by atoms with Crippen LogP contribution in [0.3, 0.4) is 0 Å². The average Bonchev–Trinajstić information content (AvgIpc) is 3.00. The van der Waals surface area contributed by atoms with E-state index in [1.54, 1.807) is 55.5 Å². The van der Waals surface area contributed by atoms with Gasteiger partial charge >= 0.3 is 0 Å². The van der Waals surface area contributed by atoms with E-state index in [0.717, 1.165) is 0 Å². The largest absolute Gasteiger partial charge is 0.497 e. The van der Waals surface area contributed by atoms with Crippen molar-refractivity contribution in [2.45, 2.75) is 18.8 Å². The lowest BCUT2D eigenvalue weighted by Gasteiger charge is -2.48. The van der Waals surface area contributed by atoms with Gasteiger partial charge in [-0.1, -0.05) is 19.1 Å². The molecule has 4 rings (SSSR count). The maximum absolute atomic E-state index is 10.3. The van der Waals surface area contributed by atoms with Crippen LogP contribution in [-0.2, 0) is 15.3 Å². The Morgan fingerprint density at radius 1 is 0.938 bits per heavy atom. The van der Waals surface area contributed by atoms with Crippen LogP contribution in [-0.4, -0.2) is 13.0 Å². The minimum atomic E-state index is -2.06. The van der Waals surface area contributed by atoms with E-state index in [-0.39, 0.29) is 0 Å². The van der Waals surface area contributed by atoms with Crippen molar-refractivity contribution >= 4 is 5.90 Å². The highest BCUT2D eigenvalue weighted by Crippen LogP contribution is 2.68. The molecule has 0 spiro atoms. The van der Waals surface area contributed by atoms with Crippen LogP contribution < -0.4 is 4.74 Å². The lowest BCUT2D eigenvalue weighted by atomic mass is 9.53. The van der Waals surface area contributed by atoms with Crippen LogP contribution in [0.15, 0.2) is 48.5 Å². The van der Waals surface area contributed by atoms with Gasteiger partial charge in [0.2, 0.25) is 17.1 Å². The molecule has 0 aromatic heterocycles. The zero-order valence-electron chi connectivity index (χ0n) is 17.3. The molecule has 156 valence electrons. The molecule has 4 atom stereocenters. The highest BCUT2D eigenvalue weighted by Gasteiger charge is 2.79. The fourth-order valence-corrected chi connectivity index (χ4v) is 4.72. The van der Waals surface area contributed by atoms with Crippen molar-refractivity contribution in [3.8, 4) is 30.0 Å². The predicted octanol–water partition coefficient (Wildman–Crippen LogP) is 3.68. The first-order valence-electron chi connectivity index (χ1n) is 9.73. The normalized spacial score (nSPS) is 29.5. The number of hydrogen-bond donors (Lipinski definition) is 1. The quantitative estimate of drug-likeness (QED) is 0.792. The van der Waals surface area contributed by atoms with Crippen molar-refractivity contribution in [3.63, 3.8) is 0 Å². The fraction of sp³-hybridized carbons (Fsp3) is 0.292. The standard InChI is InChI=1S/C24H17N5O3/c1-15-23(14-28)21(29)32-24(15,18-7-9-19(30-2)10-8-18)31-20(22(23,12-26)13-27)17-5-3-16(11-25)4-6-17/h3-10,15,20,29H,1-2H3. The van der Waals surface area contributed by atoms with Gasteiger partial charge in [0.25, 0.3) is 0 Å². The van der Waals surface area contributed by atoms with Crippen molar-refractivity contribution in [2.24, 2.45) is 16.7 Å². The van der Waals surface area contributed by atoms with Crippen molar-refractivity contribution in [1.82, 2.24) is 0 Å². The second-order valence-corrected chi connectivity index (χ2v) is 7.73. The molecule has 2 aromatic rings. The average molecular weight is 423 g/mol. The van der Waals surface area contributed by atoms with Gasteiger partial charge in [-0.25, -0.2) is 0 Å². The third-order valence-corrected chi connectivity index (χ3v) is 6.50. The highest BCUT2D eigenvalue weighted by atomic mass is 16.7. The summed E-state index contributed by atoms with van der Waals surface area (Å²) in [7, 11) is 1.53. The molecule has 4 unspecified atom stereocenters. The number of nitrogens with zero attached hydrogens (tertiary/aromatic N) is 4. The number of rotatable bonds is 3. The van der Waals surface area contributed by atoms with Gasteiger partial charge < -0.3 is 14.2 Å². The van der Waals surface area contributed by atoms with Crippen LogP contribution in [0, 0.1) is 67.5 Å². The molecule has 0 saturated carbocycles. The second kappa shape index (κ2) is 7.10. The van der Waals surface area contributed by atoms with Crippen LogP contribution in [0.25, 0.3) is 0 Å². The summed E-state index contributed by atoms with van der Waals surface area (Å²) >= 11 is 0. The maximum Gasteiger partial charge on any atom is 0.244 e. The second-order valence-electron chi connectivity index (χ2n) is 7.73. The summed E-state index contributed by atoms with van der Waals surface area (Å²) < 4.78 is 17.6. The van der Waals surface area contributed by atoms with E-state index in [9.17, 15) is 15.8 Å². The molecule has 2 aromatic carbocycles. The molecule has 0 aliphatic carbocycles. The smallest absolute Gasteiger partial charge is 0.244 e. The summed E-state index contributed by atoms with van der Waals surface area (Å²) in [5.41, 5.74) is -2.60. The van der Waals surface area contributed by atoms with E-state index in [2.05, 4.69) is 6.07 Å². The number of nitrogens with one attached hydrogen (secondary N) is 1. The molecule has 2 fully saturated rings. The molecule has 0 amide bonds. The van der Waals surface area contributed by atoms with E-state index < -0.39 is 34.5 Å². The Balaban J connectivity index is 1.99. The van der Waals surface area contributed by atoms with Gasteiger partial charge in [-0.15, -0.1) is 0 Å². The molecule has 2 heterocycles. The van der Waals surface area contributed by atoms with Gasteiger partial charge in [-0.05, 0) is 42.0 Å². The minimum absolute atomic E-state index is 0.393. The molecule has 1 N–H and O–H groups in total. The van der Waals surface area contributed by atoms with Crippen LogP contribution in [0.5, 0.6) is 5.75 Å². The molecule has 8 heteroatoms. The number of hydrogen-bond acceptors (Lipinski definition) is 8. The molecule has 8 nitrogen and oxygen atoms in total. The molecular weight excluding hydrogens is 406 g/mol. The third kappa shape index (κ3) is 2.33. The number of methoxy groups -OCH3 is 1. The van der Waals surface area contributed by atoms with Crippen LogP contribution in [0.4, 0.5) is 0 Å². The van der Waals surface area contributed by atoms with Gasteiger partial charge in [0.05, 0.1) is 42.9 Å². The Morgan fingerprint density at radius 2 is 1.56 bits per heavy atom. The summed E-state index contributed by atoms with van der Waals surface area (Å²) in [6, 6.07) is 21.2. The lowest BCUT2D eigenvalue weighted by Crippen LogP contribution is -2.57. The Bertz CT molecular complexity index is 1250. The van der Waals surface area contributed by atoms with Crippen molar-refractivity contribution < 1.29 is 14.2 Å². The Labute approximate surface area is 184 Å². The minimum Gasteiger partial charge on any atom is -0.497 e. The number of fused-ring (bicyclic) bond motifs is 2. The molecule has 2 bridgehead atoms. The number of ether oxygens (including phenoxy) is 3.